The van der Waals surface area contributed by atoms with Gasteiger partial charge in [0.1, 0.15) is 6.54 Å². The zero-order valence-electron chi connectivity index (χ0n) is 11.6. The van der Waals surface area contributed by atoms with Gasteiger partial charge in [-0.2, -0.15) is 9.57 Å². The Labute approximate surface area is 123 Å². The minimum absolute atomic E-state index is 0.0587. The first kappa shape index (κ1) is 15.5. The maximum atomic E-state index is 12.6. The molecule has 7 heteroatoms. The van der Waals surface area contributed by atoms with Crippen molar-refractivity contribution in [3.8, 4) is 6.07 Å². The third kappa shape index (κ3) is 3.60. The van der Waals surface area contributed by atoms with Crippen molar-refractivity contribution in [1.82, 2.24) is 4.31 Å². The molecule has 1 aromatic rings. The second kappa shape index (κ2) is 5.84. The molecule has 0 heterocycles. The first-order valence-electron chi connectivity index (χ1n) is 6.57. The van der Waals surface area contributed by atoms with Gasteiger partial charge in [0.25, 0.3) is 0 Å². The first-order valence-corrected chi connectivity index (χ1v) is 8.01. The van der Waals surface area contributed by atoms with Crippen LogP contribution in [0.15, 0.2) is 23.1 Å². The molecule has 112 valence electrons. The highest BCUT2D eigenvalue weighted by atomic mass is 32.2. The van der Waals surface area contributed by atoms with E-state index in [1.807, 2.05) is 6.07 Å². The van der Waals surface area contributed by atoms with Crippen molar-refractivity contribution in [2.45, 2.75) is 24.7 Å². The number of rotatable bonds is 6. The molecule has 1 N–H and O–H groups in total. The highest BCUT2D eigenvalue weighted by molar-refractivity contribution is 7.89. The van der Waals surface area contributed by atoms with Crippen LogP contribution in [0.5, 0.6) is 0 Å². The molecule has 0 atom stereocenters. The molecule has 1 aliphatic rings. The fraction of sp³-hybridized carbons (Fsp3) is 0.429. The van der Waals surface area contributed by atoms with Gasteiger partial charge in [0.05, 0.1) is 16.5 Å². The standard InChI is InChI=1S/C14H16N2O4S/c1-10-6-12(7-15)4-5-13(10)21(19,20)16(9-14(17)18)8-11-2-3-11/h4-6,11H,2-3,8-9H2,1H3,(H,17,18). The number of aryl methyl sites for hydroxylation is 1. The van der Waals surface area contributed by atoms with Gasteiger partial charge in [-0.15, -0.1) is 0 Å². The van der Waals surface area contributed by atoms with Crippen molar-refractivity contribution in [2.24, 2.45) is 5.92 Å². The van der Waals surface area contributed by atoms with Crippen molar-refractivity contribution in [3.05, 3.63) is 29.3 Å². The van der Waals surface area contributed by atoms with E-state index in [-0.39, 0.29) is 17.4 Å². The predicted octanol–water partition coefficient (Wildman–Crippen LogP) is 1.35. The Kier molecular flexibility index (Phi) is 4.30. The van der Waals surface area contributed by atoms with Crippen LogP contribution in [0.4, 0.5) is 0 Å². The van der Waals surface area contributed by atoms with Crippen molar-refractivity contribution in [1.29, 1.82) is 5.26 Å². The zero-order chi connectivity index (χ0) is 15.6. The molecule has 1 aliphatic carbocycles. The van der Waals surface area contributed by atoms with E-state index in [0.29, 0.717) is 11.1 Å². The molecular formula is C14H16N2O4S. The van der Waals surface area contributed by atoms with Gasteiger partial charge in [0.2, 0.25) is 10.0 Å². The van der Waals surface area contributed by atoms with Crippen LogP contribution in [0.2, 0.25) is 0 Å². The van der Waals surface area contributed by atoms with Crippen LogP contribution in [0, 0.1) is 24.2 Å². The Morgan fingerprint density at radius 2 is 2.14 bits per heavy atom. The average Bonchev–Trinajstić information content (AvgIpc) is 3.21. The number of sulfonamides is 1. The van der Waals surface area contributed by atoms with Crippen molar-refractivity contribution >= 4 is 16.0 Å². The van der Waals surface area contributed by atoms with Crippen LogP contribution in [0.1, 0.15) is 24.0 Å². The van der Waals surface area contributed by atoms with E-state index in [2.05, 4.69) is 0 Å². The molecule has 0 aromatic heterocycles. The van der Waals surface area contributed by atoms with Gasteiger partial charge in [-0.25, -0.2) is 8.42 Å². The van der Waals surface area contributed by atoms with Gasteiger partial charge in [-0.05, 0) is 49.4 Å². The molecule has 6 nitrogen and oxygen atoms in total. The minimum atomic E-state index is -3.86. The average molecular weight is 308 g/mol. The van der Waals surface area contributed by atoms with Crippen molar-refractivity contribution < 1.29 is 18.3 Å². The number of nitriles is 1. The van der Waals surface area contributed by atoms with E-state index >= 15 is 0 Å². The van der Waals surface area contributed by atoms with Gasteiger partial charge in [-0.3, -0.25) is 4.79 Å². The molecule has 0 spiro atoms. The Bertz CT molecular complexity index is 702. The number of carbonyl (C=O) groups is 1. The number of carboxylic acid groups (broad SMARTS) is 1. The molecule has 21 heavy (non-hydrogen) atoms. The van der Waals surface area contributed by atoms with E-state index in [9.17, 15) is 13.2 Å². The number of hydrogen-bond acceptors (Lipinski definition) is 4. The number of benzene rings is 1. The second-order valence-corrected chi connectivity index (χ2v) is 7.13. The third-order valence-corrected chi connectivity index (χ3v) is 5.36. The molecule has 0 saturated heterocycles. The zero-order valence-corrected chi connectivity index (χ0v) is 12.4. The summed E-state index contributed by atoms with van der Waals surface area (Å²) in [6, 6.07) is 6.23. The smallest absolute Gasteiger partial charge is 0.318 e. The van der Waals surface area contributed by atoms with Crippen LogP contribution >= 0.6 is 0 Å². The monoisotopic (exact) mass is 308 g/mol. The van der Waals surface area contributed by atoms with E-state index in [1.165, 1.54) is 18.2 Å². The van der Waals surface area contributed by atoms with Crippen LogP contribution in [-0.4, -0.2) is 36.9 Å². The quantitative estimate of drug-likeness (QED) is 0.855. The summed E-state index contributed by atoms with van der Waals surface area (Å²) in [5.74, 6) is -0.927. The Balaban J connectivity index is 2.37. The summed E-state index contributed by atoms with van der Waals surface area (Å²) in [5, 5.41) is 17.8. The SMILES string of the molecule is Cc1cc(C#N)ccc1S(=O)(=O)N(CC(=O)O)CC1CC1. The molecule has 1 aromatic carbocycles. The van der Waals surface area contributed by atoms with Gasteiger partial charge in [0.15, 0.2) is 0 Å². The number of aliphatic carboxylic acids is 1. The normalized spacial score (nSPS) is 14.9. The Morgan fingerprint density at radius 3 is 2.62 bits per heavy atom. The summed E-state index contributed by atoms with van der Waals surface area (Å²) in [6.07, 6.45) is 1.86. The first-order chi connectivity index (χ1) is 9.84. The van der Waals surface area contributed by atoms with Crippen LogP contribution in [0.3, 0.4) is 0 Å². The lowest BCUT2D eigenvalue weighted by Crippen LogP contribution is -2.37. The highest BCUT2D eigenvalue weighted by Gasteiger charge is 2.33. The molecular weight excluding hydrogens is 292 g/mol. The molecule has 1 fully saturated rings. The maximum absolute atomic E-state index is 12.6. The maximum Gasteiger partial charge on any atom is 0.318 e. The molecule has 1 saturated carbocycles. The highest BCUT2D eigenvalue weighted by Crippen LogP contribution is 2.32. The molecule has 0 radical (unpaired) electrons. The Morgan fingerprint density at radius 1 is 1.48 bits per heavy atom. The van der Waals surface area contributed by atoms with Crippen molar-refractivity contribution in [2.75, 3.05) is 13.1 Å². The summed E-state index contributed by atoms with van der Waals surface area (Å²) in [4.78, 5) is 11.0. The van der Waals surface area contributed by atoms with Gasteiger partial charge in [-0.1, -0.05) is 0 Å². The summed E-state index contributed by atoms with van der Waals surface area (Å²) in [5.41, 5.74) is 0.818. The van der Waals surface area contributed by atoms with Crippen LogP contribution in [0.25, 0.3) is 0 Å². The lowest BCUT2D eigenvalue weighted by atomic mass is 10.2. The lowest BCUT2D eigenvalue weighted by molar-refractivity contribution is -0.137. The van der Waals surface area contributed by atoms with Crippen molar-refractivity contribution in [3.63, 3.8) is 0 Å². The summed E-state index contributed by atoms with van der Waals surface area (Å²) in [7, 11) is -3.86. The Hall–Kier alpha value is -1.91. The summed E-state index contributed by atoms with van der Waals surface area (Å²) >= 11 is 0. The predicted molar refractivity (Wildman–Crippen MR) is 75.0 cm³/mol. The molecule has 0 aliphatic heterocycles. The minimum Gasteiger partial charge on any atom is -0.480 e. The summed E-state index contributed by atoms with van der Waals surface area (Å²) in [6.45, 7) is 1.29. The topological polar surface area (TPSA) is 98.5 Å². The third-order valence-electron chi connectivity index (χ3n) is 3.39. The second-order valence-electron chi connectivity index (χ2n) is 5.23. The fourth-order valence-electron chi connectivity index (χ4n) is 2.13. The van der Waals surface area contributed by atoms with E-state index in [0.717, 1.165) is 17.1 Å². The fourth-order valence-corrected chi connectivity index (χ4v) is 3.81. The van der Waals surface area contributed by atoms with Gasteiger partial charge >= 0.3 is 5.97 Å². The largest absolute Gasteiger partial charge is 0.480 e. The summed E-state index contributed by atoms with van der Waals surface area (Å²) < 4.78 is 26.3. The van der Waals surface area contributed by atoms with E-state index in [4.69, 9.17) is 10.4 Å². The molecule has 0 unspecified atom stereocenters. The van der Waals surface area contributed by atoms with E-state index in [1.54, 1.807) is 6.92 Å². The van der Waals surface area contributed by atoms with Crippen LogP contribution < -0.4 is 0 Å². The molecule has 0 bridgehead atoms. The van der Waals surface area contributed by atoms with E-state index < -0.39 is 22.5 Å². The lowest BCUT2D eigenvalue weighted by Gasteiger charge is -2.21. The molecule has 0 amide bonds. The number of hydrogen-bond donors (Lipinski definition) is 1. The van der Waals surface area contributed by atoms with Gasteiger partial charge in [0, 0.05) is 6.54 Å². The molecule has 2 rings (SSSR count). The van der Waals surface area contributed by atoms with Crippen LogP contribution in [-0.2, 0) is 14.8 Å². The number of carboxylic acids is 1. The number of nitrogens with zero attached hydrogens (tertiary/aromatic N) is 2. The van der Waals surface area contributed by atoms with Gasteiger partial charge < -0.3 is 5.11 Å².